The highest BCUT2D eigenvalue weighted by atomic mass is 16.3. The molecule has 0 aliphatic carbocycles. The van der Waals surface area contributed by atoms with Gasteiger partial charge in [-0.1, -0.05) is 48.5 Å². The number of nitrogens with one attached hydrogen (secondary N) is 1. The zero-order valence-corrected chi connectivity index (χ0v) is 14.4. The minimum Gasteiger partial charge on any atom is -0.393 e. The van der Waals surface area contributed by atoms with Crippen LogP contribution in [0.4, 0.5) is 5.69 Å². The Bertz CT molecular complexity index is 641. The molecule has 1 unspecified atom stereocenters. The molecule has 0 heterocycles. The monoisotopic (exact) mass is 326 g/mol. The molecule has 2 aromatic carbocycles. The van der Waals surface area contributed by atoms with E-state index in [1.54, 1.807) is 6.92 Å². The number of rotatable bonds is 8. The van der Waals surface area contributed by atoms with E-state index in [4.69, 9.17) is 0 Å². The Balaban J connectivity index is 1.93. The number of aliphatic hydroxyl groups is 1. The van der Waals surface area contributed by atoms with Gasteiger partial charge < -0.3 is 15.3 Å². The van der Waals surface area contributed by atoms with Gasteiger partial charge in [0, 0.05) is 30.8 Å². The standard InChI is InChI=1S/C20H26N2O2/c1-16(23)12-14-22(2)15-13-20(24)21-19-11-7-6-10-18(19)17-8-4-3-5-9-17/h3-11,16,23H,12-15H2,1-2H3,(H,21,24). The second-order valence-corrected chi connectivity index (χ2v) is 6.15. The lowest BCUT2D eigenvalue weighted by Gasteiger charge is -2.17. The Morgan fingerprint density at radius 2 is 1.75 bits per heavy atom. The number of hydrogen-bond donors (Lipinski definition) is 2. The summed E-state index contributed by atoms with van der Waals surface area (Å²) in [5.74, 6) is 0.00211. The van der Waals surface area contributed by atoms with Gasteiger partial charge >= 0.3 is 0 Å². The van der Waals surface area contributed by atoms with E-state index in [1.807, 2.05) is 61.6 Å². The average molecular weight is 326 g/mol. The topological polar surface area (TPSA) is 52.6 Å². The zero-order chi connectivity index (χ0) is 17.4. The van der Waals surface area contributed by atoms with Crippen LogP contribution in [0.1, 0.15) is 19.8 Å². The summed E-state index contributed by atoms with van der Waals surface area (Å²) >= 11 is 0. The molecule has 0 fully saturated rings. The van der Waals surface area contributed by atoms with Gasteiger partial charge in [-0.3, -0.25) is 4.79 Å². The highest BCUT2D eigenvalue weighted by Crippen LogP contribution is 2.27. The predicted octanol–water partition coefficient (Wildman–Crippen LogP) is 3.38. The fraction of sp³-hybridized carbons (Fsp3) is 0.350. The third kappa shape index (κ3) is 5.80. The molecule has 1 amide bonds. The highest BCUT2D eigenvalue weighted by molar-refractivity contribution is 5.95. The van der Waals surface area contributed by atoms with Crippen molar-refractivity contribution in [1.29, 1.82) is 0 Å². The molecular weight excluding hydrogens is 300 g/mol. The molecule has 0 saturated heterocycles. The third-order valence-corrected chi connectivity index (χ3v) is 3.94. The van der Waals surface area contributed by atoms with Gasteiger partial charge in [0.1, 0.15) is 0 Å². The number of carbonyl (C=O) groups excluding carboxylic acids is 1. The van der Waals surface area contributed by atoms with Crippen LogP contribution < -0.4 is 5.32 Å². The molecule has 0 saturated carbocycles. The normalized spacial score (nSPS) is 12.2. The average Bonchev–Trinajstić information content (AvgIpc) is 2.59. The largest absolute Gasteiger partial charge is 0.393 e. The maximum atomic E-state index is 12.3. The van der Waals surface area contributed by atoms with Crippen molar-refractivity contribution in [2.75, 3.05) is 25.5 Å². The summed E-state index contributed by atoms with van der Waals surface area (Å²) in [7, 11) is 1.97. The molecule has 0 aliphatic rings. The second-order valence-electron chi connectivity index (χ2n) is 6.15. The quantitative estimate of drug-likeness (QED) is 0.782. The number of aliphatic hydroxyl groups excluding tert-OH is 1. The summed E-state index contributed by atoms with van der Waals surface area (Å²) < 4.78 is 0. The molecule has 0 spiro atoms. The van der Waals surface area contributed by atoms with Gasteiger partial charge in [-0.2, -0.15) is 0 Å². The highest BCUT2D eigenvalue weighted by Gasteiger charge is 2.09. The van der Waals surface area contributed by atoms with Gasteiger partial charge in [-0.25, -0.2) is 0 Å². The molecule has 1 atom stereocenters. The second kappa shape index (κ2) is 9.21. The molecule has 4 nitrogen and oxygen atoms in total. The van der Waals surface area contributed by atoms with Crippen molar-refractivity contribution >= 4 is 11.6 Å². The van der Waals surface area contributed by atoms with Crippen molar-refractivity contribution < 1.29 is 9.90 Å². The lowest BCUT2D eigenvalue weighted by molar-refractivity contribution is -0.116. The molecule has 2 rings (SSSR count). The molecule has 0 aromatic heterocycles. The number of amides is 1. The lowest BCUT2D eigenvalue weighted by Crippen LogP contribution is -2.27. The van der Waals surface area contributed by atoms with E-state index in [9.17, 15) is 9.90 Å². The Morgan fingerprint density at radius 3 is 2.46 bits per heavy atom. The lowest BCUT2D eigenvalue weighted by atomic mass is 10.0. The minimum absolute atomic E-state index is 0.00211. The van der Waals surface area contributed by atoms with Gasteiger partial charge in [0.05, 0.1) is 6.10 Å². The molecule has 4 heteroatoms. The van der Waals surface area contributed by atoms with Crippen molar-refractivity contribution in [2.24, 2.45) is 0 Å². The Kier molecular flexibility index (Phi) is 6.97. The summed E-state index contributed by atoms with van der Waals surface area (Å²) in [5, 5.41) is 12.3. The number of nitrogens with zero attached hydrogens (tertiary/aromatic N) is 1. The molecule has 0 bridgehead atoms. The van der Waals surface area contributed by atoms with Crippen LogP contribution in [0.25, 0.3) is 11.1 Å². The first-order valence-corrected chi connectivity index (χ1v) is 8.37. The van der Waals surface area contributed by atoms with Gasteiger partial charge in [-0.15, -0.1) is 0 Å². The molecule has 24 heavy (non-hydrogen) atoms. The number of hydrogen-bond acceptors (Lipinski definition) is 3. The Morgan fingerprint density at radius 1 is 1.08 bits per heavy atom. The summed E-state index contributed by atoms with van der Waals surface area (Å²) in [4.78, 5) is 14.3. The number of carbonyl (C=O) groups is 1. The fourth-order valence-electron chi connectivity index (χ4n) is 2.49. The summed E-state index contributed by atoms with van der Waals surface area (Å²) in [6, 6.07) is 17.9. The van der Waals surface area contributed by atoms with Crippen molar-refractivity contribution in [3.63, 3.8) is 0 Å². The van der Waals surface area contributed by atoms with Crippen LogP contribution in [0.15, 0.2) is 54.6 Å². The van der Waals surface area contributed by atoms with E-state index in [1.165, 1.54) is 0 Å². The molecular formula is C20H26N2O2. The maximum Gasteiger partial charge on any atom is 0.225 e. The third-order valence-electron chi connectivity index (χ3n) is 3.94. The zero-order valence-electron chi connectivity index (χ0n) is 14.4. The van der Waals surface area contributed by atoms with Crippen LogP contribution >= 0.6 is 0 Å². The van der Waals surface area contributed by atoms with E-state index in [2.05, 4.69) is 10.2 Å². The number of anilines is 1. The van der Waals surface area contributed by atoms with Crippen LogP contribution in [-0.4, -0.2) is 42.2 Å². The molecule has 0 radical (unpaired) electrons. The van der Waals surface area contributed by atoms with Crippen LogP contribution in [0.3, 0.4) is 0 Å². The molecule has 0 aliphatic heterocycles. The van der Waals surface area contributed by atoms with Gasteiger partial charge in [-0.05, 0) is 32.0 Å². The van der Waals surface area contributed by atoms with Gasteiger partial charge in [0.2, 0.25) is 5.91 Å². The van der Waals surface area contributed by atoms with Crippen LogP contribution in [0, 0.1) is 0 Å². The van der Waals surface area contributed by atoms with Crippen molar-refractivity contribution in [3.05, 3.63) is 54.6 Å². The van der Waals surface area contributed by atoms with Crippen molar-refractivity contribution in [1.82, 2.24) is 4.90 Å². The van der Waals surface area contributed by atoms with Crippen LogP contribution in [0.2, 0.25) is 0 Å². The van der Waals surface area contributed by atoms with E-state index < -0.39 is 0 Å². The minimum atomic E-state index is -0.306. The maximum absolute atomic E-state index is 12.3. The van der Waals surface area contributed by atoms with Crippen molar-refractivity contribution in [3.8, 4) is 11.1 Å². The number of para-hydroxylation sites is 1. The van der Waals surface area contributed by atoms with Gasteiger partial charge in [0.15, 0.2) is 0 Å². The summed E-state index contributed by atoms with van der Waals surface area (Å²) in [6.07, 6.45) is 0.841. The molecule has 2 aromatic rings. The smallest absolute Gasteiger partial charge is 0.225 e. The Hall–Kier alpha value is -2.17. The first-order valence-electron chi connectivity index (χ1n) is 8.37. The van der Waals surface area contributed by atoms with E-state index in [0.717, 1.165) is 29.8 Å². The SMILES string of the molecule is CC(O)CCN(C)CCC(=O)Nc1ccccc1-c1ccccc1. The summed E-state index contributed by atoms with van der Waals surface area (Å²) in [5.41, 5.74) is 2.94. The first-order chi connectivity index (χ1) is 11.6. The fourth-order valence-corrected chi connectivity index (χ4v) is 2.49. The predicted molar refractivity (Wildman–Crippen MR) is 98.9 cm³/mol. The number of benzene rings is 2. The molecule has 2 N–H and O–H groups in total. The Labute approximate surface area is 144 Å². The van der Waals surface area contributed by atoms with E-state index >= 15 is 0 Å². The van der Waals surface area contributed by atoms with E-state index in [-0.39, 0.29) is 12.0 Å². The first kappa shape index (κ1) is 18.2. The molecule has 128 valence electrons. The summed E-state index contributed by atoms with van der Waals surface area (Å²) in [6.45, 7) is 3.23. The van der Waals surface area contributed by atoms with E-state index in [0.29, 0.717) is 13.0 Å². The van der Waals surface area contributed by atoms with Gasteiger partial charge in [0.25, 0.3) is 0 Å². The van der Waals surface area contributed by atoms with Crippen molar-refractivity contribution in [2.45, 2.75) is 25.9 Å². The van der Waals surface area contributed by atoms with Crippen LogP contribution in [-0.2, 0) is 4.79 Å². The van der Waals surface area contributed by atoms with Crippen LogP contribution in [0.5, 0.6) is 0 Å².